The van der Waals surface area contributed by atoms with Crippen LogP contribution in [0.5, 0.6) is 0 Å². The fourth-order valence-corrected chi connectivity index (χ4v) is 2.70. The number of nitrogens with zero attached hydrogens (tertiary/aromatic N) is 2. The number of aromatic amines is 1. The third kappa shape index (κ3) is 2.23. The van der Waals surface area contributed by atoms with E-state index >= 15 is 0 Å². The number of hydrogen-bond acceptors (Lipinski definition) is 4. The average molecular weight is 289 g/mol. The number of carboxylic acids is 1. The SMILES string of the molecule is O=C(O)c1ccc2[nH]c(=O)n(CCc3nccs3)c2c1. The number of carbonyl (C=O) groups is 1. The highest BCUT2D eigenvalue weighted by Gasteiger charge is 2.10. The Morgan fingerprint density at radius 2 is 2.30 bits per heavy atom. The van der Waals surface area contributed by atoms with Crippen molar-refractivity contribution in [2.24, 2.45) is 0 Å². The molecule has 0 saturated heterocycles. The van der Waals surface area contributed by atoms with Crippen LogP contribution in [0.25, 0.3) is 11.0 Å². The molecule has 0 unspecified atom stereocenters. The van der Waals surface area contributed by atoms with E-state index in [1.807, 2.05) is 5.38 Å². The van der Waals surface area contributed by atoms with E-state index in [4.69, 9.17) is 5.11 Å². The Labute approximate surface area is 117 Å². The fourth-order valence-electron chi connectivity index (χ4n) is 2.09. The van der Waals surface area contributed by atoms with Gasteiger partial charge in [-0.25, -0.2) is 14.6 Å². The van der Waals surface area contributed by atoms with Crippen molar-refractivity contribution in [2.75, 3.05) is 0 Å². The summed E-state index contributed by atoms with van der Waals surface area (Å²) in [5, 5.41) is 11.8. The lowest BCUT2D eigenvalue weighted by Gasteiger charge is -2.02. The summed E-state index contributed by atoms with van der Waals surface area (Å²) in [7, 11) is 0. The van der Waals surface area contributed by atoms with Crippen molar-refractivity contribution < 1.29 is 9.90 Å². The normalized spacial score (nSPS) is 11.0. The van der Waals surface area contributed by atoms with Crippen LogP contribution < -0.4 is 5.69 Å². The molecule has 0 atom stereocenters. The van der Waals surface area contributed by atoms with Gasteiger partial charge in [0.25, 0.3) is 0 Å². The summed E-state index contributed by atoms with van der Waals surface area (Å²) in [5.74, 6) is -1.01. The van der Waals surface area contributed by atoms with Crippen molar-refractivity contribution in [3.05, 3.63) is 50.8 Å². The molecule has 0 bridgehead atoms. The Hall–Kier alpha value is -2.41. The molecule has 3 aromatic rings. The minimum absolute atomic E-state index is 0.166. The molecule has 2 aromatic heterocycles. The molecule has 0 aliphatic rings. The summed E-state index contributed by atoms with van der Waals surface area (Å²) < 4.78 is 1.54. The molecule has 7 heteroatoms. The first kappa shape index (κ1) is 12.6. The van der Waals surface area contributed by atoms with Crippen LogP contribution >= 0.6 is 11.3 Å². The van der Waals surface area contributed by atoms with Crippen molar-refractivity contribution in [3.63, 3.8) is 0 Å². The molecule has 3 rings (SSSR count). The maximum Gasteiger partial charge on any atom is 0.335 e. The zero-order valence-corrected chi connectivity index (χ0v) is 11.2. The molecule has 2 N–H and O–H groups in total. The second-order valence-electron chi connectivity index (χ2n) is 4.29. The molecule has 102 valence electrons. The van der Waals surface area contributed by atoms with E-state index in [0.717, 1.165) is 5.01 Å². The number of fused-ring (bicyclic) bond motifs is 1. The number of aryl methyl sites for hydroxylation is 2. The predicted molar refractivity (Wildman–Crippen MR) is 75.3 cm³/mol. The molecule has 0 saturated carbocycles. The molecule has 0 aliphatic heterocycles. The van der Waals surface area contributed by atoms with Crippen LogP contribution in [-0.4, -0.2) is 25.6 Å². The van der Waals surface area contributed by atoms with Crippen LogP contribution in [0.4, 0.5) is 0 Å². The molecule has 20 heavy (non-hydrogen) atoms. The summed E-state index contributed by atoms with van der Waals surface area (Å²) in [5.41, 5.74) is 1.17. The predicted octanol–water partition coefficient (Wildman–Crippen LogP) is 1.73. The molecule has 0 amide bonds. The van der Waals surface area contributed by atoms with Crippen LogP contribution in [0, 0.1) is 0 Å². The number of aromatic carboxylic acids is 1. The number of aromatic nitrogens is 3. The minimum atomic E-state index is -1.01. The molecule has 0 radical (unpaired) electrons. The number of imidazole rings is 1. The van der Waals surface area contributed by atoms with E-state index in [1.165, 1.54) is 23.5 Å². The summed E-state index contributed by atoms with van der Waals surface area (Å²) in [6, 6.07) is 4.60. The molecular formula is C13H11N3O3S. The van der Waals surface area contributed by atoms with E-state index in [1.54, 1.807) is 16.8 Å². The number of hydrogen-bond donors (Lipinski definition) is 2. The second kappa shape index (κ2) is 4.93. The maximum atomic E-state index is 11.9. The van der Waals surface area contributed by atoms with Crippen molar-refractivity contribution in [1.82, 2.24) is 14.5 Å². The van der Waals surface area contributed by atoms with Crippen molar-refractivity contribution in [1.29, 1.82) is 0 Å². The van der Waals surface area contributed by atoms with Crippen LogP contribution in [-0.2, 0) is 13.0 Å². The van der Waals surface area contributed by atoms with Gasteiger partial charge in [0.15, 0.2) is 0 Å². The monoisotopic (exact) mass is 289 g/mol. The Morgan fingerprint density at radius 3 is 3.00 bits per heavy atom. The smallest absolute Gasteiger partial charge is 0.335 e. The van der Waals surface area contributed by atoms with Gasteiger partial charge in [-0.15, -0.1) is 11.3 Å². The number of thiazole rings is 1. The molecule has 0 aliphatic carbocycles. The quantitative estimate of drug-likeness (QED) is 0.765. The van der Waals surface area contributed by atoms with Gasteiger partial charge in [-0.1, -0.05) is 0 Å². The number of H-pyrrole nitrogens is 1. The molecular weight excluding hydrogens is 278 g/mol. The summed E-state index contributed by atoms with van der Waals surface area (Å²) in [4.78, 5) is 29.8. The number of rotatable bonds is 4. The lowest BCUT2D eigenvalue weighted by molar-refractivity contribution is 0.0697. The molecule has 6 nitrogen and oxygen atoms in total. The largest absolute Gasteiger partial charge is 0.478 e. The van der Waals surface area contributed by atoms with Gasteiger partial charge in [-0.3, -0.25) is 4.57 Å². The van der Waals surface area contributed by atoms with Crippen LogP contribution in [0.15, 0.2) is 34.6 Å². The molecule has 1 aromatic carbocycles. The first-order chi connectivity index (χ1) is 9.65. The van der Waals surface area contributed by atoms with E-state index < -0.39 is 5.97 Å². The second-order valence-corrected chi connectivity index (χ2v) is 5.27. The van der Waals surface area contributed by atoms with Crippen LogP contribution in [0.3, 0.4) is 0 Å². The number of benzene rings is 1. The Morgan fingerprint density at radius 1 is 1.45 bits per heavy atom. The topological polar surface area (TPSA) is 88.0 Å². The highest BCUT2D eigenvalue weighted by molar-refractivity contribution is 7.09. The average Bonchev–Trinajstić information content (AvgIpc) is 3.02. The van der Waals surface area contributed by atoms with Gasteiger partial charge in [0.2, 0.25) is 0 Å². The Balaban J connectivity index is 2.00. The third-order valence-electron chi connectivity index (χ3n) is 3.05. The molecule has 0 spiro atoms. The van der Waals surface area contributed by atoms with Crippen molar-refractivity contribution in [2.45, 2.75) is 13.0 Å². The highest BCUT2D eigenvalue weighted by Crippen LogP contribution is 2.14. The van der Waals surface area contributed by atoms with Crippen molar-refractivity contribution in [3.8, 4) is 0 Å². The first-order valence-corrected chi connectivity index (χ1v) is 6.87. The molecule has 2 heterocycles. The van der Waals surface area contributed by atoms with E-state index in [2.05, 4.69) is 9.97 Å². The van der Waals surface area contributed by atoms with Gasteiger partial charge >= 0.3 is 11.7 Å². The fraction of sp³-hybridized carbons (Fsp3) is 0.154. The lowest BCUT2D eigenvalue weighted by atomic mass is 10.2. The number of carboxylic acid groups (broad SMARTS) is 1. The summed E-state index contributed by atoms with van der Waals surface area (Å²) in [6.45, 7) is 0.468. The highest BCUT2D eigenvalue weighted by atomic mass is 32.1. The zero-order valence-electron chi connectivity index (χ0n) is 10.4. The molecule has 0 fully saturated rings. The maximum absolute atomic E-state index is 11.9. The van der Waals surface area contributed by atoms with Gasteiger partial charge in [0.05, 0.1) is 21.6 Å². The first-order valence-electron chi connectivity index (χ1n) is 5.99. The van der Waals surface area contributed by atoms with Gasteiger partial charge in [-0.05, 0) is 18.2 Å². The van der Waals surface area contributed by atoms with Crippen LogP contribution in [0.2, 0.25) is 0 Å². The van der Waals surface area contributed by atoms with Crippen molar-refractivity contribution >= 4 is 28.3 Å². The van der Waals surface area contributed by atoms with Gasteiger partial charge in [0, 0.05) is 24.5 Å². The Kier molecular flexibility index (Phi) is 3.11. The van der Waals surface area contributed by atoms with Crippen LogP contribution in [0.1, 0.15) is 15.4 Å². The van der Waals surface area contributed by atoms with E-state index in [9.17, 15) is 9.59 Å². The lowest BCUT2D eigenvalue weighted by Crippen LogP contribution is -2.18. The summed E-state index contributed by atoms with van der Waals surface area (Å²) in [6.07, 6.45) is 2.36. The van der Waals surface area contributed by atoms with Gasteiger partial charge in [0.1, 0.15) is 0 Å². The third-order valence-corrected chi connectivity index (χ3v) is 3.89. The van der Waals surface area contributed by atoms with Gasteiger partial charge in [-0.2, -0.15) is 0 Å². The standard InChI is InChI=1S/C13H11N3O3S/c17-12(18)8-1-2-9-10(7-8)16(13(19)15-9)5-3-11-14-4-6-20-11/h1-2,4,6-7H,3,5H2,(H,15,19)(H,17,18). The number of nitrogens with one attached hydrogen (secondary N) is 1. The van der Waals surface area contributed by atoms with E-state index in [0.29, 0.717) is 24.0 Å². The van der Waals surface area contributed by atoms with Gasteiger partial charge < -0.3 is 10.1 Å². The minimum Gasteiger partial charge on any atom is -0.478 e. The van der Waals surface area contributed by atoms with E-state index in [-0.39, 0.29) is 11.3 Å². The Bertz CT molecular complexity index is 817. The zero-order chi connectivity index (χ0) is 14.1. The summed E-state index contributed by atoms with van der Waals surface area (Å²) >= 11 is 1.53.